The van der Waals surface area contributed by atoms with Crippen LogP contribution < -0.4 is 32.7 Å². The van der Waals surface area contributed by atoms with E-state index in [1.54, 1.807) is 9.13 Å². The molecule has 0 saturated carbocycles. The Bertz CT molecular complexity index is 1660. The first kappa shape index (κ1) is 27.4. The third-order valence-electron chi connectivity index (χ3n) is 6.26. The number of hydrogen-bond acceptors (Lipinski definition) is 8. The molecule has 4 aromatic heterocycles. The van der Waals surface area contributed by atoms with Crippen molar-refractivity contribution in [2.24, 2.45) is 28.2 Å². The summed E-state index contributed by atoms with van der Waals surface area (Å²) in [6.45, 7) is 2.94. The van der Waals surface area contributed by atoms with Crippen LogP contribution in [-0.4, -0.2) is 57.1 Å². The van der Waals surface area contributed by atoms with Gasteiger partial charge in [0.05, 0.1) is 19.3 Å². The van der Waals surface area contributed by atoms with Gasteiger partial charge in [-0.25, -0.2) is 29.7 Å². The topological polar surface area (TPSA) is 174 Å². The van der Waals surface area contributed by atoms with Crippen LogP contribution in [0, 0.1) is 0 Å². The van der Waals surface area contributed by atoms with Gasteiger partial charge in [0, 0.05) is 54.4 Å². The maximum absolute atomic E-state index is 13.5. The van der Waals surface area contributed by atoms with Crippen molar-refractivity contribution in [1.29, 1.82) is 0 Å². The third-order valence-corrected chi connectivity index (χ3v) is 8.08. The predicted molar refractivity (Wildman–Crippen MR) is 140 cm³/mol. The maximum atomic E-state index is 13.5. The summed E-state index contributed by atoms with van der Waals surface area (Å²) in [5.74, 6) is 0. The largest absolute Gasteiger partial charge is 0.340 e. The highest BCUT2D eigenvalue weighted by Crippen LogP contribution is 2.37. The van der Waals surface area contributed by atoms with Gasteiger partial charge in [0.1, 0.15) is 0 Å². The molecule has 2 N–H and O–H groups in total. The Morgan fingerprint density at radius 2 is 1.18 bits per heavy atom. The summed E-state index contributed by atoms with van der Waals surface area (Å²) in [6, 6.07) is 0. The number of hydrogen-bond donors (Lipinski definition) is 2. The molecule has 0 fully saturated rings. The monoisotopic (exact) mass is 550 g/mol. The van der Waals surface area contributed by atoms with Gasteiger partial charge < -0.3 is 13.7 Å². The summed E-state index contributed by atoms with van der Waals surface area (Å²) in [5.41, 5.74) is -0.846. The fourth-order valence-corrected chi connectivity index (χ4v) is 5.66. The summed E-state index contributed by atoms with van der Waals surface area (Å²) in [7, 11) is 2.35. The number of aryl methyl sites for hydroxylation is 2. The SMILES string of the molecule is CCCOP(=O)(NCCn1cnc2c1c(=O)n(C)c(=O)n2C)NCCn1cnc2c1c(=O)n(C)c(=O)n2C. The van der Waals surface area contributed by atoms with Crippen molar-refractivity contribution < 1.29 is 9.09 Å². The maximum Gasteiger partial charge on any atom is 0.340 e. The molecular weight excluding hydrogens is 519 g/mol. The molecule has 4 rings (SSSR count). The first-order valence-electron chi connectivity index (χ1n) is 12.0. The Hall–Kier alpha value is -3.59. The second-order valence-electron chi connectivity index (χ2n) is 8.83. The lowest BCUT2D eigenvalue weighted by Crippen LogP contribution is -2.38. The van der Waals surface area contributed by atoms with E-state index in [2.05, 4.69) is 20.1 Å². The van der Waals surface area contributed by atoms with Crippen molar-refractivity contribution >= 4 is 30.0 Å². The fraction of sp³-hybridized carbons (Fsp3) is 0.524. The molecule has 0 radical (unpaired) electrons. The molecule has 0 aliphatic heterocycles. The Morgan fingerprint density at radius 3 is 1.58 bits per heavy atom. The molecule has 0 aliphatic carbocycles. The Labute approximate surface area is 215 Å². The van der Waals surface area contributed by atoms with Gasteiger partial charge in [-0.1, -0.05) is 6.92 Å². The molecule has 206 valence electrons. The molecule has 0 unspecified atom stereocenters. The third kappa shape index (κ3) is 4.82. The van der Waals surface area contributed by atoms with Crippen molar-refractivity contribution in [2.75, 3.05) is 19.7 Å². The summed E-state index contributed by atoms with van der Waals surface area (Å²) >= 11 is 0. The molecule has 17 heteroatoms. The molecule has 0 aromatic carbocycles. The smallest absolute Gasteiger partial charge is 0.323 e. The van der Waals surface area contributed by atoms with Gasteiger partial charge in [-0.15, -0.1) is 0 Å². The van der Waals surface area contributed by atoms with E-state index < -0.39 is 30.2 Å². The van der Waals surface area contributed by atoms with E-state index >= 15 is 0 Å². The van der Waals surface area contributed by atoms with Crippen molar-refractivity contribution in [2.45, 2.75) is 26.4 Å². The van der Waals surface area contributed by atoms with E-state index in [0.717, 1.165) is 9.13 Å². The second kappa shape index (κ2) is 10.6. The molecule has 38 heavy (non-hydrogen) atoms. The quantitative estimate of drug-likeness (QED) is 0.211. The fourth-order valence-electron chi connectivity index (χ4n) is 4.14. The Kier molecular flexibility index (Phi) is 7.69. The number of nitrogens with zero attached hydrogens (tertiary/aromatic N) is 8. The molecule has 4 heterocycles. The van der Waals surface area contributed by atoms with Crippen molar-refractivity contribution in [3.63, 3.8) is 0 Å². The minimum absolute atomic E-state index is 0.169. The zero-order valence-corrected chi connectivity index (χ0v) is 22.8. The van der Waals surface area contributed by atoms with Crippen LogP contribution in [0.4, 0.5) is 0 Å². The predicted octanol–water partition coefficient (Wildman–Crippen LogP) is -1.41. The van der Waals surface area contributed by atoms with Crippen LogP contribution in [0.15, 0.2) is 31.8 Å². The lowest BCUT2D eigenvalue weighted by Gasteiger charge is -2.21. The van der Waals surface area contributed by atoms with Crippen molar-refractivity contribution in [3.05, 3.63) is 54.3 Å². The Morgan fingerprint density at radius 1 is 0.763 bits per heavy atom. The summed E-state index contributed by atoms with van der Waals surface area (Å²) < 4.78 is 26.9. The second-order valence-corrected chi connectivity index (χ2v) is 10.8. The molecule has 0 amide bonds. The molecular formula is C21H31N10O6P. The lowest BCUT2D eigenvalue weighted by molar-refractivity contribution is 0.296. The van der Waals surface area contributed by atoms with Crippen molar-refractivity contribution in [1.82, 2.24) is 47.5 Å². The van der Waals surface area contributed by atoms with Gasteiger partial charge in [0.25, 0.3) is 11.1 Å². The van der Waals surface area contributed by atoms with E-state index in [4.69, 9.17) is 4.52 Å². The van der Waals surface area contributed by atoms with E-state index in [0.29, 0.717) is 6.42 Å². The summed E-state index contributed by atoms with van der Waals surface area (Å²) in [4.78, 5) is 57.9. The standard InChI is InChI=1S/C21H31N10O6P/c1-6-11-37-38(36,24-7-9-30-12-22-16-14(30)18(32)28(4)20(34)26(16)2)25-8-10-31-13-23-17-15(31)19(33)29(5)21(35)27(17)3/h12-13H,6-11H2,1-5H3,(H2,24,25,36). The van der Waals surface area contributed by atoms with Gasteiger partial charge in [-0.2, -0.15) is 0 Å². The van der Waals surface area contributed by atoms with Crippen LogP contribution in [0.3, 0.4) is 0 Å². The molecule has 4 aromatic rings. The molecule has 0 aliphatic rings. The van der Waals surface area contributed by atoms with E-state index in [1.807, 2.05) is 6.92 Å². The highest BCUT2D eigenvalue weighted by atomic mass is 31.2. The molecule has 0 spiro atoms. The average molecular weight is 551 g/mol. The van der Waals surface area contributed by atoms with E-state index in [-0.39, 0.29) is 55.1 Å². The van der Waals surface area contributed by atoms with Crippen LogP contribution in [-0.2, 0) is 50.4 Å². The lowest BCUT2D eigenvalue weighted by atomic mass is 10.5. The summed E-state index contributed by atoms with van der Waals surface area (Å²) in [6.07, 6.45) is 3.55. The van der Waals surface area contributed by atoms with Crippen molar-refractivity contribution in [3.8, 4) is 0 Å². The first-order valence-corrected chi connectivity index (χ1v) is 13.6. The number of aromatic nitrogens is 8. The number of rotatable bonds is 11. The normalized spacial score (nSPS) is 12.2. The average Bonchev–Trinajstić information content (AvgIpc) is 3.52. The minimum atomic E-state index is -3.52. The highest BCUT2D eigenvalue weighted by Gasteiger charge is 2.23. The van der Waals surface area contributed by atoms with Crippen LogP contribution in [0.2, 0.25) is 0 Å². The molecule has 16 nitrogen and oxygen atoms in total. The van der Waals surface area contributed by atoms with Gasteiger partial charge in [-0.05, 0) is 6.42 Å². The van der Waals surface area contributed by atoms with Gasteiger partial charge in [-0.3, -0.25) is 32.4 Å². The van der Waals surface area contributed by atoms with Crippen LogP contribution in [0.1, 0.15) is 13.3 Å². The van der Waals surface area contributed by atoms with Crippen LogP contribution in [0.5, 0.6) is 0 Å². The number of fused-ring (bicyclic) bond motifs is 2. The van der Waals surface area contributed by atoms with Gasteiger partial charge in [0.2, 0.25) is 0 Å². The van der Waals surface area contributed by atoms with Gasteiger partial charge >= 0.3 is 19.0 Å². The van der Waals surface area contributed by atoms with Crippen LogP contribution in [0.25, 0.3) is 22.3 Å². The minimum Gasteiger partial charge on any atom is -0.323 e. The molecule has 0 bridgehead atoms. The number of imidazole rings is 2. The molecule has 0 saturated heterocycles. The van der Waals surface area contributed by atoms with Gasteiger partial charge in [0.15, 0.2) is 22.3 Å². The molecule has 0 atom stereocenters. The van der Waals surface area contributed by atoms with Crippen LogP contribution >= 0.6 is 7.67 Å². The summed E-state index contributed by atoms with van der Waals surface area (Å²) in [5, 5.41) is 5.82. The highest BCUT2D eigenvalue weighted by molar-refractivity contribution is 7.54. The zero-order valence-electron chi connectivity index (χ0n) is 21.9. The zero-order chi connectivity index (χ0) is 27.8. The van der Waals surface area contributed by atoms with E-state index in [9.17, 15) is 23.7 Å². The Balaban J connectivity index is 1.48. The van der Waals surface area contributed by atoms with E-state index in [1.165, 1.54) is 50.0 Å². The number of nitrogens with one attached hydrogen (secondary N) is 2. The first-order chi connectivity index (χ1) is 18.0.